The summed E-state index contributed by atoms with van der Waals surface area (Å²) in [6.07, 6.45) is 1.55. The summed E-state index contributed by atoms with van der Waals surface area (Å²) in [7, 11) is 1.38. The average Bonchev–Trinajstić information content (AvgIpc) is 2.81. The lowest BCUT2D eigenvalue weighted by Gasteiger charge is -2.13. The molecule has 0 saturated carbocycles. The van der Waals surface area contributed by atoms with Gasteiger partial charge in [-0.1, -0.05) is 12.1 Å². The molecular weight excluding hydrogens is 262 g/mol. The number of methoxy groups -OCH3 is 1. The SMILES string of the molecule is COCC(NC(=O)Cn1cnc2ccccc21)C(=O)O. The van der Waals surface area contributed by atoms with E-state index in [9.17, 15) is 9.59 Å². The molecule has 0 bridgehead atoms. The van der Waals surface area contributed by atoms with Crippen LogP contribution in [0.15, 0.2) is 30.6 Å². The monoisotopic (exact) mass is 277 g/mol. The van der Waals surface area contributed by atoms with Gasteiger partial charge in [-0.05, 0) is 12.1 Å². The number of fused-ring (bicyclic) bond motifs is 1. The van der Waals surface area contributed by atoms with Crippen LogP contribution in [0.25, 0.3) is 11.0 Å². The number of carboxylic acid groups (broad SMARTS) is 1. The van der Waals surface area contributed by atoms with Gasteiger partial charge in [0.15, 0.2) is 6.04 Å². The molecule has 1 aromatic carbocycles. The second kappa shape index (κ2) is 6.16. The van der Waals surface area contributed by atoms with E-state index in [0.717, 1.165) is 11.0 Å². The van der Waals surface area contributed by atoms with Gasteiger partial charge in [0.05, 0.1) is 24.0 Å². The van der Waals surface area contributed by atoms with Crippen molar-refractivity contribution in [3.8, 4) is 0 Å². The normalized spacial score (nSPS) is 12.2. The molecule has 0 saturated heterocycles. The number of carbonyl (C=O) groups is 2. The molecule has 20 heavy (non-hydrogen) atoms. The Kier molecular flexibility index (Phi) is 4.31. The highest BCUT2D eigenvalue weighted by Gasteiger charge is 2.19. The fourth-order valence-corrected chi connectivity index (χ4v) is 1.87. The van der Waals surface area contributed by atoms with Crippen molar-refractivity contribution in [3.05, 3.63) is 30.6 Å². The third kappa shape index (κ3) is 3.12. The summed E-state index contributed by atoms with van der Waals surface area (Å²) >= 11 is 0. The zero-order chi connectivity index (χ0) is 14.5. The summed E-state index contributed by atoms with van der Waals surface area (Å²) in [5.74, 6) is -1.53. The summed E-state index contributed by atoms with van der Waals surface area (Å²) in [5.41, 5.74) is 1.60. The predicted octanol–water partition coefficient (Wildman–Crippen LogP) is 0.252. The number of aromatic nitrogens is 2. The van der Waals surface area contributed by atoms with E-state index < -0.39 is 17.9 Å². The number of carbonyl (C=O) groups excluding carboxylic acids is 1. The van der Waals surface area contributed by atoms with Crippen LogP contribution in [-0.2, 0) is 20.9 Å². The van der Waals surface area contributed by atoms with Gasteiger partial charge in [-0.15, -0.1) is 0 Å². The Bertz CT molecular complexity index is 623. The number of aliphatic carboxylic acids is 1. The topological polar surface area (TPSA) is 93.5 Å². The molecule has 7 nitrogen and oxygen atoms in total. The molecule has 0 aliphatic heterocycles. The minimum atomic E-state index is -1.13. The van der Waals surface area contributed by atoms with Crippen molar-refractivity contribution < 1.29 is 19.4 Å². The summed E-state index contributed by atoms with van der Waals surface area (Å²) in [4.78, 5) is 27.0. The van der Waals surface area contributed by atoms with Crippen LogP contribution >= 0.6 is 0 Å². The van der Waals surface area contributed by atoms with Gasteiger partial charge in [-0.3, -0.25) is 4.79 Å². The number of carboxylic acids is 1. The summed E-state index contributed by atoms with van der Waals surface area (Å²) < 4.78 is 6.42. The molecule has 1 atom stereocenters. The van der Waals surface area contributed by atoms with Crippen LogP contribution in [0, 0.1) is 0 Å². The van der Waals surface area contributed by atoms with E-state index in [-0.39, 0.29) is 13.2 Å². The van der Waals surface area contributed by atoms with Gasteiger partial charge < -0.3 is 19.7 Å². The van der Waals surface area contributed by atoms with Gasteiger partial charge in [0.2, 0.25) is 5.91 Å². The Morgan fingerprint density at radius 1 is 1.45 bits per heavy atom. The van der Waals surface area contributed by atoms with Gasteiger partial charge >= 0.3 is 5.97 Å². The molecule has 1 amide bonds. The van der Waals surface area contributed by atoms with Crippen LogP contribution < -0.4 is 5.32 Å². The quantitative estimate of drug-likeness (QED) is 0.789. The lowest BCUT2D eigenvalue weighted by atomic mass is 10.3. The third-order valence-electron chi connectivity index (χ3n) is 2.81. The maximum Gasteiger partial charge on any atom is 0.328 e. The second-order valence-corrected chi connectivity index (χ2v) is 4.27. The first-order valence-electron chi connectivity index (χ1n) is 6.03. The molecule has 0 aliphatic carbocycles. The molecule has 106 valence electrons. The molecule has 0 spiro atoms. The summed E-state index contributed by atoms with van der Waals surface area (Å²) in [5, 5.41) is 11.3. The number of hydrogen-bond donors (Lipinski definition) is 2. The first-order valence-corrected chi connectivity index (χ1v) is 6.03. The van der Waals surface area contributed by atoms with Crippen LogP contribution in [0.2, 0.25) is 0 Å². The first kappa shape index (κ1) is 14.0. The maximum atomic E-state index is 11.9. The Morgan fingerprint density at radius 3 is 2.90 bits per heavy atom. The van der Waals surface area contributed by atoms with Crippen molar-refractivity contribution in [2.75, 3.05) is 13.7 Å². The molecule has 0 radical (unpaired) electrons. The van der Waals surface area contributed by atoms with E-state index in [4.69, 9.17) is 9.84 Å². The number of ether oxygens (including phenoxy) is 1. The predicted molar refractivity (Wildman–Crippen MR) is 71.2 cm³/mol. The summed E-state index contributed by atoms with van der Waals surface area (Å²) in [6.45, 7) is -0.0697. The minimum absolute atomic E-state index is 0.00794. The highest BCUT2D eigenvalue weighted by Crippen LogP contribution is 2.11. The molecule has 2 rings (SSSR count). The van der Waals surface area contributed by atoms with Gasteiger partial charge in [0, 0.05) is 7.11 Å². The Hall–Kier alpha value is -2.41. The highest BCUT2D eigenvalue weighted by atomic mass is 16.5. The molecular formula is C13H15N3O4. The molecule has 2 N–H and O–H groups in total. The van der Waals surface area contributed by atoms with E-state index in [0.29, 0.717) is 0 Å². The number of benzene rings is 1. The largest absolute Gasteiger partial charge is 0.480 e. The van der Waals surface area contributed by atoms with Crippen molar-refractivity contribution in [2.45, 2.75) is 12.6 Å². The number of nitrogens with zero attached hydrogens (tertiary/aromatic N) is 2. The average molecular weight is 277 g/mol. The van der Waals surface area contributed by atoms with Crippen LogP contribution in [-0.4, -0.2) is 46.3 Å². The Balaban J connectivity index is 2.06. The zero-order valence-electron chi connectivity index (χ0n) is 10.9. The van der Waals surface area contributed by atoms with Gasteiger partial charge in [0.25, 0.3) is 0 Å². The molecule has 1 heterocycles. The van der Waals surface area contributed by atoms with Crippen LogP contribution in [0.3, 0.4) is 0 Å². The fraction of sp³-hybridized carbons (Fsp3) is 0.308. The van der Waals surface area contributed by atoms with E-state index >= 15 is 0 Å². The number of imidazole rings is 1. The maximum absolute atomic E-state index is 11.9. The lowest BCUT2D eigenvalue weighted by Crippen LogP contribution is -2.45. The van der Waals surface area contributed by atoms with Gasteiger partial charge in [-0.2, -0.15) is 0 Å². The first-order chi connectivity index (χ1) is 9.61. The van der Waals surface area contributed by atoms with Gasteiger partial charge in [-0.25, -0.2) is 9.78 Å². The smallest absolute Gasteiger partial charge is 0.328 e. The molecule has 1 unspecified atom stereocenters. The van der Waals surface area contributed by atoms with E-state index in [1.165, 1.54) is 7.11 Å². The standard InChI is InChI=1S/C13H15N3O4/c1-20-7-10(13(18)19)15-12(17)6-16-8-14-9-4-2-3-5-11(9)16/h2-5,8,10H,6-7H2,1H3,(H,15,17)(H,18,19). The molecule has 7 heteroatoms. The molecule has 1 aromatic heterocycles. The number of nitrogens with one attached hydrogen (secondary N) is 1. The molecule has 0 aliphatic rings. The zero-order valence-corrected chi connectivity index (χ0v) is 10.9. The van der Waals surface area contributed by atoms with E-state index in [2.05, 4.69) is 10.3 Å². The Labute approximate surface area is 115 Å². The van der Waals surface area contributed by atoms with Crippen LogP contribution in [0.1, 0.15) is 0 Å². The van der Waals surface area contributed by atoms with E-state index in [1.54, 1.807) is 10.9 Å². The lowest BCUT2D eigenvalue weighted by molar-refractivity contribution is -0.143. The van der Waals surface area contributed by atoms with Crippen molar-refractivity contribution >= 4 is 22.9 Å². The number of hydrogen-bond acceptors (Lipinski definition) is 4. The second-order valence-electron chi connectivity index (χ2n) is 4.27. The van der Waals surface area contributed by atoms with Gasteiger partial charge in [0.1, 0.15) is 6.54 Å². The van der Waals surface area contributed by atoms with E-state index in [1.807, 2.05) is 24.3 Å². The third-order valence-corrected chi connectivity index (χ3v) is 2.81. The molecule has 0 fully saturated rings. The number of rotatable bonds is 6. The highest BCUT2D eigenvalue weighted by molar-refractivity contribution is 5.85. The minimum Gasteiger partial charge on any atom is -0.480 e. The van der Waals surface area contributed by atoms with Crippen LogP contribution in [0.4, 0.5) is 0 Å². The summed E-state index contributed by atoms with van der Waals surface area (Å²) in [6, 6.07) is 6.35. The molecule has 2 aromatic rings. The fourth-order valence-electron chi connectivity index (χ4n) is 1.87. The van der Waals surface area contributed by atoms with Crippen LogP contribution in [0.5, 0.6) is 0 Å². The van der Waals surface area contributed by atoms with Crippen molar-refractivity contribution in [3.63, 3.8) is 0 Å². The van der Waals surface area contributed by atoms with Crippen molar-refractivity contribution in [2.24, 2.45) is 0 Å². The number of amides is 1. The van der Waals surface area contributed by atoms with Crippen molar-refractivity contribution in [1.82, 2.24) is 14.9 Å². The van der Waals surface area contributed by atoms with Crippen molar-refractivity contribution in [1.29, 1.82) is 0 Å². The Morgan fingerprint density at radius 2 is 2.20 bits per heavy atom. The number of para-hydroxylation sites is 2.